The Morgan fingerprint density at radius 1 is 0.892 bits per heavy atom. The van der Waals surface area contributed by atoms with Gasteiger partial charge in [0.1, 0.15) is 5.82 Å². The molecule has 1 aliphatic carbocycles. The highest BCUT2D eigenvalue weighted by molar-refractivity contribution is 6.30. The van der Waals surface area contributed by atoms with Gasteiger partial charge in [0, 0.05) is 55.6 Å². The van der Waals surface area contributed by atoms with Gasteiger partial charge in [-0.25, -0.2) is 4.79 Å². The van der Waals surface area contributed by atoms with Gasteiger partial charge in [-0.2, -0.15) is 9.78 Å². The van der Waals surface area contributed by atoms with E-state index in [1.807, 2.05) is 41.3 Å². The van der Waals surface area contributed by atoms with Gasteiger partial charge >= 0.3 is 6.03 Å². The van der Waals surface area contributed by atoms with Crippen LogP contribution in [0.4, 0.5) is 22.0 Å². The lowest BCUT2D eigenvalue weighted by Crippen LogP contribution is -2.48. The first-order valence-corrected chi connectivity index (χ1v) is 12.8. The molecular weight excluding hydrogens is 492 g/mol. The molecule has 0 unspecified atom stereocenters. The Morgan fingerprint density at radius 2 is 1.57 bits per heavy atom. The predicted octanol–water partition coefficient (Wildman–Crippen LogP) is 4.35. The maximum absolute atomic E-state index is 13.3. The molecule has 37 heavy (non-hydrogen) atoms. The normalized spacial score (nSPS) is 16.6. The summed E-state index contributed by atoms with van der Waals surface area (Å²) in [6.07, 6.45) is 3.90. The zero-order chi connectivity index (χ0) is 26.0. The van der Waals surface area contributed by atoms with Crippen molar-refractivity contribution >= 4 is 46.6 Å². The van der Waals surface area contributed by atoms with Crippen molar-refractivity contribution in [3.63, 3.8) is 0 Å². The van der Waals surface area contributed by atoms with Crippen LogP contribution in [0.25, 0.3) is 0 Å². The van der Waals surface area contributed by atoms with E-state index in [2.05, 4.69) is 20.6 Å². The average Bonchev–Trinajstić information content (AvgIpc) is 3.33. The van der Waals surface area contributed by atoms with Crippen molar-refractivity contribution < 1.29 is 14.4 Å². The Morgan fingerprint density at radius 3 is 2.16 bits per heavy atom. The Kier molecular flexibility index (Phi) is 6.88. The van der Waals surface area contributed by atoms with E-state index in [9.17, 15) is 14.4 Å². The van der Waals surface area contributed by atoms with Crippen molar-refractivity contribution in [3.05, 3.63) is 71.4 Å². The molecule has 1 saturated carbocycles. The lowest BCUT2D eigenvalue weighted by atomic mass is 9.64. The van der Waals surface area contributed by atoms with E-state index >= 15 is 0 Å². The van der Waals surface area contributed by atoms with Crippen molar-refractivity contribution in [2.24, 2.45) is 0 Å². The van der Waals surface area contributed by atoms with Gasteiger partial charge in [0.2, 0.25) is 11.8 Å². The van der Waals surface area contributed by atoms with Crippen molar-refractivity contribution in [1.29, 1.82) is 0 Å². The molecule has 2 heterocycles. The Hall–Kier alpha value is -3.85. The summed E-state index contributed by atoms with van der Waals surface area (Å²) in [7, 11) is 0. The van der Waals surface area contributed by atoms with E-state index in [-0.39, 0.29) is 11.8 Å². The minimum Gasteiger partial charge on any atom is -0.368 e. The first-order valence-electron chi connectivity index (χ1n) is 12.4. The van der Waals surface area contributed by atoms with Crippen LogP contribution in [0.2, 0.25) is 5.02 Å². The predicted molar refractivity (Wildman–Crippen MR) is 143 cm³/mol. The molecule has 2 fully saturated rings. The maximum Gasteiger partial charge on any atom is 0.348 e. The van der Waals surface area contributed by atoms with Crippen molar-refractivity contribution in [3.8, 4) is 0 Å². The van der Waals surface area contributed by atoms with E-state index in [1.54, 1.807) is 25.1 Å². The quantitative estimate of drug-likeness (QED) is 0.521. The first kappa shape index (κ1) is 24.8. The largest absolute Gasteiger partial charge is 0.368 e. The highest BCUT2D eigenvalue weighted by Gasteiger charge is 2.46. The number of amides is 3. The van der Waals surface area contributed by atoms with Gasteiger partial charge in [0.05, 0.1) is 11.6 Å². The second-order valence-corrected chi connectivity index (χ2v) is 9.93. The molecule has 3 aromatic rings. The molecule has 2 aliphatic rings. The zero-order valence-electron chi connectivity index (χ0n) is 20.6. The number of benzene rings is 2. The van der Waals surface area contributed by atoms with Crippen LogP contribution in [0.1, 0.15) is 31.7 Å². The molecule has 0 bridgehead atoms. The Labute approximate surface area is 220 Å². The molecule has 1 saturated heterocycles. The van der Waals surface area contributed by atoms with E-state index in [0.29, 0.717) is 29.6 Å². The summed E-state index contributed by atoms with van der Waals surface area (Å²) >= 11 is 6.03. The molecule has 3 amide bonds. The highest BCUT2D eigenvalue weighted by atomic mass is 35.5. The summed E-state index contributed by atoms with van der Waals surface area (Å²) in [5.74, 6) is 0.243. The number of halogens is 1. The van der Waals surface area contributed by atoms with E-state index < -0.39 is 11.4 Å². The smallest absolute Gasteiger partial charge is 0.348 e. The van der Waals surface area contributed by atoms with E-state index in [4.69, 9.17) is 11.6 Å². The minimum atomic E-state index is -0.637. The van der Waals surface area contributed by atoms with E-state index in [1.165, 1.54) is 6.20 Å². The fourth-order valence-electron chi connectivity index (χ4n) is 4.95. The molecule has 192 valence electrons. The topological polar surface area (TPSA) is 99.6 Å². The Bertz CT molecular complexity index is 1290. The summed E-state index contributed by atoms with van der Waals surface area (Å²) in [4.78, 5) is 41.9. The molecule has 0 spiro atoms. The van der Waals surface area contributed by atoms with Crippen LogP contribution in [0.15, 0.2) is 60.8 Å². The first-order chi connectivity index (χ1) is 17.9. The molecule has 0 radical (unpaired) electrons. The van der Waals surface area contributed by atoms with Crippen LogP contribution in [0.5, 0.6) is 0 Å². The summed E-state index contributed by atoms with van der Waals surface area (Å²) in [6.45, 7) is 4.51. The second-order valence-electron chi connectivity index (χ2n) is 9.50. The van der Waals surface area contributed by atoms with Gasteiger partial charge in [0.25, 0.3) is 0 Å². The molecule has 1 aliphatic heterocycles. The Balaban J connectivity index is 1.23. The minimum absolute atomic E-state index is 0.0970. The monoisotopic (exact) mass is 520 g/mol. The third kappa shape index (κ3) is 5.04. The van der Waals surface area contributed by atoms with Gasteiger partial charge in [-0.1, -0.05) is 30.2 Å². The molecule has 2 N–H and O–H groups in total. The SMILES string of the molecule is CC(=O)N1CCN(c2ccc(NC(=O)n3nccc3NC(=O)C3(c4ccc(Cl)cc4)CCC3)cc2)CC1. The lowest BCUT2D eigenvalue weighted by Gasteiger charge is -2.40. The molecule has 0 atom stereocenters. The summed E-state index contributed by atoms with van der Waals surface area (Å²) < 4.78 is 1.15. The van der Waals surface area contributed by atoms with Gasteiger partial charge in [0.15, 0.2) is 0 Å². The third-order valence-corrected chi connectivity index (χ3v) is 7.58. The number of nitrogens with zero attached hydrogens (tertiary/aromatic N) is 4. The van der Waals surface area contributed by atoms with Gasteiger partial charge in [-0.15, -0.1) is 0 Å². The standard InChI is InChI=1S/C27H29ClN6O3/c1-19(35)32-15-17-33(18-16-32)23-9-7-22(8-10-23)30-26(37)34-24(11-14-29-34)31-25(36)27(12-2-13-27)20-3-5-21(28)6-4-20/h3-11,14H,2,12-13,15-18H2,1H3,(H,30,37)(H,31,36). The second kappa shape index (κ2) is 10.3. The number of carbonyl (C=O) groups excluding carboxylic acids is 3. The fraction of sp³-hybridized carbons (Fsp3) is 0.333. The number of anilines is 3. The van der Waals surface area contributed by atoms with Crippen molar-refractivity contribution in [1.82, 2.24) is 14.7 Å². The van der Waals surface area contributed by atoms with Crippen LogP contribution in [0, 0.1) is 0 Å². The van der Waals surface area contributed by atoms with E-state index in [0.717, 1.165) is 48.3 Å². The van der Waals surface area contributed by atoms with Crippen LogP contribution in [0.3, 0.4) is 0 Å². The zero-order valence-corrected chi connectivity index (χ0v) is 21.4. The number of hydrogen-bond acceptors (Lipinski definition) is 5. The van der Waals surface area contributed by atoms with Gasteiger partial charge < -0.3 is 20.4 Å². The molecule has 9 nitrogen and oxygen atoms in total. The number of nitrogens with one attached hydrogen (secondary N) is 2. The van der Waals surface area contributed by atoms with Gasteiger partial charge in [-0.3, -0.25) is 9.59 Å². The summed E-state index contributed by atoms with van der Waals surface area (Å²) in [6, 6.07) is 16.0. The van der Waals surface area contributed by atoms with Crippen LogP contribution in [-0.2, 0) is 15.0 Å². The molecule has 5 rings (SSSR count). The molecule has 1 aromatic heterocycles. The summed E-state index contributed by atoms with van der Waals surface area (Å²) in [5, 5.41) is 10.5. The number of carbonyl (C=O) groups is 3. The van der Waals surface area contributed by atoms with Crippen molar-refractivity contribution in [2.45, 2.75) is 31.6 Å². The highest BCUT2D eigenvalue weighted by Crippen LogP contribution is 2.44. The van der Waals surface area contributed by atoms with Crippen LogP contribution < -0.4 is 15.5 Å². The number of hydrogen-bond donors (Lipinski definition) is 2. The third-order valence-electron chi connectivity index (χ3n) is 7.32. The average molecular weight is 521 g/mol. The van der Waals surface area contributed by atoms with Crippen molar-refractivity contribution in [2.75, 3.05) is 41.7 Å². The number of piperazine rings is 1. The summed E-state index contributed by atoms with van der Waals surface area (Å²) in [5.41, 5.74) is 1.92. The molecule has 10 heteroatoms. The maximum atomic E-state index is 13.3. The lowest BCUT2D eigenvalue weighted by molar-refractivity contribution is -0.129. The number of aromatic nitrogens is 2. The van der Waals surface area contributed by atoms with Gasteiger partial charge in [-0.05, 0) is 54.8 Å². The van der Waals surface area contributed by atoms with Crippen LogP contribution in [-0.4, -0.2) is 58.7 Å². The molecule has 2 aromatic carbocycles. The fourth-order valence-corrected chi connectivity index (χ4v) is 5.08. The number of rotatable bonds is 5. The molecular formula is C27H29ClN6O3. The van der Waals surface area contributed by atoms with Crippen LogP contribution >= 0.6 is 11.6 Å².